The van der Waals surface area contributed by atoms with Crippen LogP contribution < -0.4 is 0 Å². The molecule has 0 spiro atoms. The molecule has 0 bridgehead atoms. The predicted octanol–water partition coefficient (Wildman–Crippen LogP) is 3.76. The fourth-order valence-electron chi connectivity index (χ4n) is 3.64. The lowest BCUT2D eigenvalue weighted by atomic mass is 9.81. The molecule has 0 radical (unpaired) electrons. The average Bonchev–Trinajstić information content (AvgIpc) is 2.60. The number of ether oxygens (including phenoxy) is 1. The highest BCUT2D eigenvalue weighted by Gasteiger charge is 2.47. The van der Waals surface area contributed by atoms with E-state index in [1.165, 1.54) is 0 Å². The minimum absolute atomic E-state index is 0.0954. The van der Waals surface area contributed by atoms with Crippen LogP contribution in [-0.2, 0) is 9.53 Å². The lowest BCUT2D eigenvalue weighted by molar-refractivity contribution is -0.183. The zero-order valence-electron chi connectivity index (χ0n) is 17.3. The van der Waals surface area contributed by atoms with E-state index in [0.29, 0.717) is 0 Å². The first kappa shape index (κ1) is 21.4. The smallest absolute Gasteiger partial charge is 0.432 e. The molecule has 1 aromatic carbocycles. The molecule has 0 aliphatic carbocycles. The van der Waals surface area contributed by atoms with E-state index in [0.717, 1.165) is 10.6 Å². The lowest BCUT2D eigenvalue weighted by Crippen LogP contribution is -2.64. The van der Waals surface area contributed by atoms with Crippen LogP contribution in [0.3, 0.4) is 0 Å². The van der Waals surface area contributed by atoms with E-state index in [-0.39, 0.29) is 12.1 Å². The summed E-state index contributed by atoms with van der Waals surface area (Å²) in [4.78, 5) is 25.9. The predicted molar refractivity (Wildman–Crippen MR) is 104 cm³/mol. The maximum Gasteiger partial charge on any atom is 0.432 e. The van der Waals surface area contributed by atoms with Gasteiger partial charge in [-0.25, -0.2) is 4.79 Å². The molecule has 0 saturated carbocycles. The number of aliphatic hydroxyl groups is 1. The number of amides is 2. The van der Waals surface area contributed by atoms with Crippen molar-refractivity contribution < 1.29 is 19.4 Å². The van der Waals surface area contributed by atoms with Gasteiger partial charge < -0.3 is 9.84 Å². The van der Waals surface area contributed by atoms with Crippen molar-refractivity contribution in [1.29, 1.82) is 0 Å². The molecule has 1 N–H and O–H groups in total. The summed E-state index contributed by atoms with van der Waals surface area (Å²) in [5.74, 6) is -1.19. The van der Waals surface area contributed by atoms with Crippen molar-refractivity contribution in [2.45, 2.75) is 72.8 Å². The third-order valence-electron chi connectivity index (χ3n) is 5.10. The number of hydrogen-bond donors (Lipinski definition) is 1. The zero-order chi connectivity index (χ0) is 20.5. The van der Waals surface area contributed by atoms with Crippen molar-refractivity contribution in [3.63, 3.8) is 0 Å². The van der Waals surface area contributed by atoms with Crippen LogP contribution in [0.15, 0.2) is 30.3 Å². The van der Waals surface area contributed by atoms with E-state index in [2.05, 4.69) is 0 Å². The number of aliphatic hydroxyl groups excluding tert-OH is 1. The molecule has 150 valence electrons. The van der Waals surface area contributed by atoms with Crippen LogP contribution in [-0.4, -0.2) is 45.3 Å². The number of carbonyl (C=O) groups excluding carboxylic acids is 2. The third kappa shape index (κ3) is 4.33. The van der Waals surface area contributed by atoms with Gasteiger partial charge in [-0.15, -0.1) is 0 Å². The molecule has 0 unspecified atom stereocenters. The van der Waals surface area contributed by atoms with Crippen molar-refractivity contribution in [3.05, 3.63) is 35.9 Å². The Morgan fingerprint density at radius 2 is 1.70 bits per heavy atom. The van der Waals surface area contributed by atoms with Crippen LogP contribution in [0.4, 0.5) is 4.79 Å². The molecule has 2 amide bonds. The Balaban J connectivity index is 2.34. The van der Waals surface area contributed by atoms with E-state index in [4.69, 9.17) is 4.74 Å². The summed E-state index contributed by atoms with van der Waals surface area (Å²) in [6.45, 7) is 13.1. The molecule has 1 saturated heterocycles. The summed E-state index contributed by atoms with van der Waals surface area (Å²) in [6, 6.07) is 9.20. The highest BCUT2D eigenvalue weighted by Crippen LogP contribution is 2.35. The van der Waals surface area contributed by atoms with Crippen molar-refractivity contribution >= 4 is 12.0 Å². The first-order valence-corrected chi connectivity index (χ1v) is 9.52. The molecule has 0 aromatic heterocycles. The number of imide groups is 1. The van der Waals surface area contributed by atoms with Crippen molar-refractivity contribution in [2.75, 3.05) is 0 Å². The Labute approximate surface area is 162 Å². The molecule has 1 fully saturated rings. The van der Waals surface area contributed by atoms with E-state index >= 15 is 0 Å². The maximum absolute atomic E-state index is 13.1. The number of hydrazine groups is 1. The van der Waals surface area contributed by atoms with Gasteiger partial charge in [0, 0.05) is 6.04 Å². The van der Waals surface area contributed by atoms with Gasteiger partial charge in [-0.1, -0.05) is 58.0 Å². The molecule has 1 heterocycles. The molecule has 1 aromatic rings. The summed E-state index contributed by atoms with van der Waals surface area (Å²) in [6.07, 6.45) is -2.05. The molecular weight excluding hydrogens is 344 g/mol. The molecule has 6 nitrogen and oxygen atoms in total. The van der Waals surface area contributed by atoms with Gasteiger partial charge >= 0.3 is 6.09 Å². The number of hydrogen-bond acceptors (Lipinski definition) is 5. The second kappa shape index (κ2) is 7.98. The molecule has 1 aliphatic rings. The van der Waals surface area contributed by atoms with Crippen LogP contribution in [0.25, 0.3) is 0 Å². The van der Waals surface area contributed by atoms with Crippen LogP contribution in [0.2, 0.25) is 0 Å². The molecular formula is C21H32N2O4. The van der Waals surface area contributed by atoms with E-state index in [1.807, 2.05) is 71.9 Å². The number of rotatable bonds is 4. The van der Waals surface area contributed by atoms with E-state index < -0.39 is 35.5 Å². The quantitative estimate of drug-likeness (QED) is 0.866. The van der Waals surface area contributed by atoms with Crippen molar-refractivity contribution in [1.82, 2.24) is 10.0 Å². The van der Waals surface area contributed by atoms with E-state index in [1.54, 1.807) is 11.9 Å². The SMILES string of the molecule is CC(C)N1[C@@H](C)[C@@H](c2ccccc2)OC(=O)N1C(=O)[C@@H](C)[C@H](O)C(C)(C)C. The summed E-state index contributed by atoms with van der Waals surface area (Å²) in [7, 11) is 0. The van der Waals surface area contributed by atoms with Gasteiger partial charge in [0.25, 0.3) is 5.91 Å². The Morgan fingerprint density at radius 3 is 2.19 bits per heavy atom. The second-order valence-corrected chi connectivity index (χ2v) is 8.68. The van der Waals surface area contributed by atoms with Crippen molar-refractivity contribution in [3.8, 4) is 0 Å². The Bertz CT molecular complexity index is 669. The summed E-state index contributed by atoms with van der Waals surface area (Å²) < 4.78 is 5.66. The first-order valence-electron chi connectivity index (χ1n) is 9.52. The summed E-state index contributed by atoms with van der Waals surface area (Å²) in [5, 5.41) is 13.4. The van der Waals surface area contributed by atoms with Crippen LogP contribution >= 0.6 is 0 Å². The molecule has 1 aliphatic heterocycles. The monoisotopic (exact) mass is 376 g/mol. The topological polar surface area (TPSA) is 70.1 Å². The summed E-state index contributed by atoms with van der Waals surface area (Å²) in [5.41, 5.74) is 0.411. The maximum atomic E-state index is 13.1. The molecule has 6 heteroatoms. The number of cyclic esters (lactones) is 1. The highest BCUT2D eigenvalue weighted by molar-refractivity contribution is 5.93. The van der Waals surface area contributed by atoms with Gasteiger partial charge in [0.2, 0.25) is 0 Å². The largest absolute Gasteiger partial charge is 0.438 e. The normalized spacial score (nSPS) is 23.9. The van der Waals surface area contributed by atoms with Gasteiger partial charge in [-0.05, 0) is 31.7 Å². The van der Waals surface area contributed by atoms with Crippen LogP contribution in [0.1, 0.15) is 60.1 Å². The Morgan fingerprint density at radius 1 is 1.15 bits per heavy atom. The van der Waals surface area contributed by atoms with E-state index in [9.17, 15) is 14.7 Å². The molecule has 27 heavy (non-hydrogen) atoms. The highest BCUT2D eigenvalue weighted by atomic mass is 16.6. The standard InChI is InChI=1S/C21H32N2O4/c1-13(2)22-15(4)17(16-11-9-8-10-12-16)27-20(26)23(22)19(25)14(3)18(24)21(5,6)7/h8-15,17-18,24H,1-7H3/t14-,15-,17-,18-/m0/s1. The number of benzene rings is 1. The van der Waals surface area contributed by atoms with Crippen molar-refractivity contribution in [2.24, 2.45) is 11.3 Å². The number of carbonyl (C=O) groups is 2. The zero-order valence-corrected chi connectivity index (χ0v) is 17.3. The minimum Gasteiger partial charge on any atom is -0.438 e. The van der Waals surface area contributed by atoms with Crippen LogP contribution in [0.5, 0.6) is 0 Å². The van der Waals surface area contributed by atoms with Gasteiger partial charge in [-0.3, -0.25) is 4.79 Å². The van der Waals surface area contributed by atoms with Gasteiger partial charge in [-0.2, -0.15) is 10.0 Å². The van der Waals surface area contributed by atoms with Gasteiger partial charge in [0.1, 0.15) is 6.10 Å². The van der Waals surface area contributed by atoms with Gasteiger partial charge in [0.05, 0.1) is 18.1 Å². The fraction of sp³-hybridized carbons (Fsp3) is 0.619. The third-order valence-corrected chi connectivity index (χ3v) is 5.10. The number of nitrogens with zero attached hydrogens (tertiary/aromatic N) is 2. The van der Waals surface area contributed by atoms with Crippen LogP contribution in [0, 0.1) is 11.3 Å². The minimum atomic E-state index is -0.881. The van der Waals surface area contributed by atoms with Gasteiger partial charge in [0.15, 0.2) is 0 Å². The second-order valence-electron chi connectivity index (χ2n) is 8.68. The summed E-state index contributed by atoms with van der Waals surface area (Å²) >= 11 is 0. The Kier molecular flexibility index (Phi) is 6.32. The fourth-order valence-corrected chi connectivity index (χ4v) is 3.64. The lowest BCUT2D eigenvalue weighted by Gasteiger charge is -2.47. The molecule has 4 atom stereocenters. The molecule has 2 rings (SSSR count). The Hall–Kier alpha value is -1.92. The average molecular weight is 376 g/mol. The first-order chi connectivity index (χ1) is 12.5.